The largest absolute Gasteiger partial charge is 0.497 e. The number of amides is 2. The number of nitrogens with one attached hydrogen (secondary N) is 1. The summed E-state index contributed by atoms with van der Waals surface area (Å²) in [5.74, 6) is 1.16. The molecule has 1 N–H and O–H groups in total. The van der Waals surface area contributed by atoms with Gasteiger partial charge in [0.1, 0.15) is 11.5 Å². The normalized spacial score (nSPS) is 14.1. The number of carbonyl (C=O) groups excluding carboxylic acids is 2. The molecule has 1 heterocycles. The molecule has 184 valence electrons. The van der Waals surface area contributed by atoms with Gasteiger partial charge in [0.15, 0.2) is 0 Å². The number of methoxy groups -OCH3 is 1. The molecule has 34 heavy (non-hydrogen) atoms. The summed E-state index contributed by atoms with van der Waals surface area (Å²) >= 11 is 0. The van der Waals surface area contributed by atoms with Gasteiger partial charge in [0, 0.05) is 39.1 Å². The maximum absolute atomic E-state index is 12.6. The summed E-state index contributed by atoms with van der Waals surface area (Å²) in [6.07, 6.45) is 0.326. The van der Waals surface area contributed by atoms with Gasteiger partial charge in [-0.2, -0.15) is 0 Å². The number of rotatable bonds is 10. The zero-order chi connectivity index (χ0) is 24.6. The standard InChI is InChI=1S/C24H31N3O6S/c1-3-33-20-7-9-22(10-8-20)34(30,31)25-12-11-23(28)26-13-15-27(16-14-26)24(29)18-19-5-4-6-21(17-19)32-2/h4-10,17,25H,3,11-16,18H2,1-2H3. The fourth-order valence-corrected chi connectivity index (χ4v) is 4.72. The highest BCUT2D eigenvalue weighted by atomic mass is 32.2. The van der Waals surface area contributed by atoms with Crippen molar-refractivity contribution >= 4 is 21.8 Å². The van der Waals surface area contributed by atoms with Crippen molar-refractivity contribution in [3.05, 3.63) is 54.1 Å². The molecule has 0 spiro atoms. The molecule has 0 aromatic heterocycles. The van der Waals surface area contributed by atoms with Crippen molar-refractivity contribution in [2.24, 2.45) is 0 Å². The summed E-state index contributed by atoms with van der Waals surface area (Å²) in [6.45, 7) is 4.10. The lowest BCUT2D eigenvalue weighted by Crippen LogP contribution is -2.51. The zero-order valence-electron chi connectivity index (χ0n) is 19.5. The number of benzene rings is 2. The molecule has 1 aliphatic rings. The molecular weight excluding hydrogens is 458 g/mol. The maximum atomic E-state index is 12.6. The molecule has 0 bridgehead atoms. The Balaban J connectivity index is 1.42. The van der Waals surface area contributed by atoms with Crippen molar-refractivity contribution in [2.75, 3.05) is 46.4 Å². The minimum absolute atomic E-state index is 0.00321. The average molecular weight is 490 g/mol. The van der Waals surface area contributed by atoms with Gasteiger partial charge in [0.05, 0.1) is 25.0 Å². The van der Waals surface area contributed by atoms with E-state index in [1.807, 2.05) is 31.2 Å². The van der Waals surface area contributed by atoms with Gasteiger partial charge < -0.3 is 19.3 Å². The monoisotopic (exact) mass is 489 g/mol. The van der Waals surface area contributed by atoms with E-state index in [0.717, 1.165) is 5.56 Å². The maximum Gasteiger partial charge on any atom is 0.240 e. The molecule has 3 rings (SSSR count). The highest BCUT2D eigenvalue weighted by molar-refractivity contribution is 7.89. The first-order valence-corrected chi connectivity index (χ1v) is 12.7. The molecule has 1 saturated heterocycles. The van der Waals surface area contributed by atoms with Crippen LogP contribution in [0.5, 0.6) is 11.5 Å². The lowest BCUT2D eigenvalue weighted by atomic mass is 10.1. The molecule has 0 unspecified atom stereocenters. The second-order valence-electron chi connectivity index (χ2n) is 7.84. The third kappa shape index (κ3) is 6.94. The summed E-state index contributed by atoms with van der Waals surface area (Å²) < 4.78 is 37.9. The minimum atomic E-state index is -3.71. The Morgan fingerprint density at radius 1 is 0.941 bits per heavy atom. The molecule has 1 aliphatic heterocycles. The van der Waals surface area contributed by atoms with E-state index in [9.17, 15) is 18.0 Å². The van der Waals surface area contributed by atoms with Crippen molar-refractivity contribution < 1.29 is 27.5 Å². The highest BCUT2D eigenvalue weighted by Crippen LogP contribution is 2.16. The van der Waals surface area contributed by atoms with Crippen LogP contribution in [0.2, 0.25) is 0 Å². The Kier molecular flexibility index (Phi) is 8.89. The predicted molar refractivity (Wildman–Crippen MR) is 127 cm³/mol. The van der Waals surface area contributed by atoms with Crippen LogP contribution in [0, 0.1) is 0 Å². The van der Waals surface area contributed by atoms with Crippen molar-refractivity contribution in [1.82, 2.24) is 14.5 Å². The van der Waals surface area contributed by atoms with E-state index in [0.29, 0.717) is 44.3 Å². The van der Waals surface area contributed by atoms with Gasteiger partial charge in [-0.15, -0.1) is 0 Å². The molecular formula is C24H31N3O6S. The van der Waals surface area contributed by atoms with E-state index in [4.69, 9.17) is 9.47 Å². The number of piperazine rings is 1. The van der Waals surface area contributed by atoms with Gasteiger partial charge in [0.2, 0.25) is 21.8 Å². The quantitative estimate of drug-likeness (QED) is 0.544. The second-order valence-corrected chi connectivity index (χ2v) is 9.61. The van der Waals surface area contributed by atoms with Crippen LogP contribution >= 0.6 is 0 Å². The van der Waals surface area contributed by atoms with Crippen molar-refractivity contribution in [3.8, 4) is 11.5 Å². The van der Waals surface area contributed by atoms with Crippen LogP contribution in [-0.2, 0) is 26.0 Å². The second kappa shape index (κ2) is 11.8. The molecule has 9 nitrogen and oxygen atoms in total. The molecule has 2 aromatic rings. The fourth-order valence-electron chi connectivity index (χ4n) is 3.69. The fraction of sp³-hybridized carbons (Fsp3) is 0.417. The van der Waals surface area contributed by atoms with Crippen LogP contribution in [0.4, 0.5) is 0 Å². The summed E-state index contributed by atoms with van der Waals surface area (Å²) in [6, 6.07) is 13.5. The van der Waals surface area contributed by atoms with Gasteiger partial charge in [-0.05, 0) is 48.9 Å². The van der Waals surface area contributed by atoms with E-state index < -0.39 is 10.0 Å². The van der Waals surface area contributed by atoms with E-state index in [1.54, 1.807) is 29.0 Å². The van der Waals surface area contributed by atoms with Crippen LogP contribution < -0.4 is 14.2 Å². The summed E-state index contributed by atoms with van der Waals surface area (Å²) in [7, 11) is -2.13. The number of nitrogens with zero attached hydrogens (tertiary/aromatic N) is 2. The van der Waals surface area contributed by atoms with Gasteiger partial charge in [0.25, 0.3) is 0 Å². The molecule has 0 saturated carbocycles. The van der Waals surface area contributed by atoms with Gasteiger partial charge >= 0.3 is 0 Å². The topological polar surface area (TPSA) is 105 Å². The van der Waals surface area contributed by atoms with Crippen LogP contribution in [-0.4, -0.2) is 76.5 Å². The van der Waals surface area contributed by atoms with E-state index in [-0.39, 0.29) is 36.1 Å². The van der Waals surface area contributed by atoms with Crippen molar-refractivity contribution in [1.29, 1.82) is 0 Å². The summed E-state index contributed by atoms with van der Waals surface area (Å²) in [4.78, 5) is 28.7. The Morgan fingerprint density at radius 2 is 1.59 bits per heavy atom. The average Bonchev–Trinajstić information content (AvgIpc) is 2.84. The molecule has 1 fully saturated rings. The Morgan fingerprint density at radius 3 is 2.21 bits per heavy atom. The van der Waals surface area contributed by atoms with Crippen LogP contribution in [0.1, 0.15) is 18.9 Å². The summed E-state index contributed by atoms with van der Waals surface area (Å²) in [5, 5.41) is 0. The number of carbonyl (C=O) groups is 2. The van der Waals surface area contributed by atoms with E-state index in [1.165, 1.54) is 12.1 Å². The van der Waals surface area contributed by atoms with Gasteiger partial charge in [-0.25, -0.2) is 13.1 Å². The lowest BCUT2D eigenvalue weighted by molar-refractivity contribution is -0.139. The number of sulfonamides is 1. The first-order valence-electron chi connectivity index (χ1n) is 11.2. The highest BCUT2D eigenvalue weighted by Gasteiger charge is 2.24. The van der Waals surface area contributed by atoms with Gasteiger partial charge in [-0.1, -0.05) is 12.1 Å². The first kappa shape index (κ1) is 25.5. The Bertz CT molecular complexity index is 1080. The number of hydrogen-bond donors (Lipinski definition) is 1. The molecule has 0 atom stereocenters. The third-order valence-electron chi connectivity index (χ3n) is 5.55. The molecule has 0 radical (unpaired) electrons. The van der Waals surface area contributed by atoms with E-state index in [2.05, 4.69) is 4.72 Å². The summed E-state index contributed by atoms with van der Waals surface area (Å²) in [5.41, 5.74) is 0.877. The van der Waals surface area contributed by atoms with Crippen molar-refractivity contribution in [3.63, 3.8) is 0 Å². The predicted octanol–water partition coefficient (Wildman–Crippen LogP) is 1.68. The number of hydrogen-bond acceptors (Lipinski definition) is 6. The van der Waals surface area contributed by atoms with Crippen LogP contribution in [0.25, 0.3) is 0 Å². The number of ether oxygens (including phenoxy) is 2. The SMILES string of the molecule is CCOc1ccc(S(=O)(=O)NCCC(=O)N2CCN(C(=O)Cc3cccc(OC)c3)CC2)cc1. The molecule has 2 amide bonds. The molecule has 10 heteroatoms. The third-order valence-corrected chi connectivity index (χ3v) is 7.03. The van der Waals surface area contributed by atoms with Crippen LogP contribution in [0.15, 0.2) is 53.4 Å². The molecule has 0 aliphatic carbocycles. The zero-order valence-corrected chi connectivity index (χ0v) is 20.3. The van der Waals surface area contributed by atoms with Crippen LogP contribution in [0.3, 0.4) is 0 Å². The lowest BCUT2D eigenvalue weighted by Gasteiger charge is -2.35. The minimum Gasteiger partial charge on any atom is -0.497 e. The Labute approximate surface area is 200 Å². The van der Waals surface area contributed by atoms with Crippen molar-refractivity contribution in [2.45, 2.75) is 24.7 Å². The van der Waals surface area contributed by atoms with E-state index >= 15 is 0 Å². The first-order chi connectivity index (χ1) is 16.3. The Hall–Kier alpha value is -3.11. The smallest absolute Gasteiger partial charge is 0.240 e. The van der Waals surface area contributed by atoms with Gasteiger partial charge in [-0.3, -0.25) is 9.59 Å². The molecule has 2 aromatic carbocycles.